The maximum absolute atomic E-state index is 5.20. The Morgan fingerprint density at radius 1 is 1.30 bits per heavy atom. The largest absolute Gasteiger partial charge is 0.359 e. The first-order valence-corrected chi connectivity index (χ1v) is 8.16. The minimum Gasteiger partial charge on any atom is -0.359 e. The molecule has 0 saturated carbocycles. The van der Waals surface area contributed by atoms with Crippen molar-refractivity contribution in [1.29, 1.82) is 0 Å². The van der Waals surface area contributed by atoms with Crippen LogP contribution in [0.15, 0.2) is 55.3 Å². The SMILES string of the molecule is C=CCNC(=S)Nc1ccc(N2CCCc3ccccc32)nc1. The van der Waals surface area contributed by atoms with Crippen molar-refractivity contribution < 1.29 is 0 Å². The van der Waals surface area contributed by atoms with Crippen molar-refractivity contribution in [2.45, 2.75) is 12.8 Å². The Kier molecular flexibility index (Phi) is 4.88. The lowest BCUT2D eigenvalue weighted by atomic mass is 10.0. The molecule has 0 radical (unpaired) electrons. The minimum absolute atomic E-state index is 0.572. The van der Waals surface area contributed by atoms with Crippen LogP contribution in [0.1, 0.15) is 12.0 Å². The molecule has 1 aromatic heterocycles. The van der Waals surface area contributed by atoms with Gasteiger partial charge in [-0.1, -0.05) is 24.3 Å². The van der Waals surface area contributed by atoms with E-state index < -0.39 is 0 Å². The number of nitrogens with one attached hydrogen (secondary N) is 2. The number of aromatic nitrogens is 1. The van der Waals surface area contributed by atoms with Gasteiger partial charge in [-0.3, -0.25) is 0 Å². The fourth-order valence-corrected chi connectivity index (χ4v) is 2.93. The van der Waals surface area contributed by atoms with E-state index in [0.29, 0.717) is 11.7 Å². The lowest BCUT2D eigenvalue weighted by molar-refractivity contribution is 0.760. The third-order valence-corrected chi connectivity index (χ3v) is 4.05. The zero-order valence-electron chi connectivity index (χ0n) is 13.0. The highest BCUT2D eigenvalue weighted by Gasteiger charge is 2.18. The second-order valence-corrected chi connectivity index (χ2v) is 5.82. The lowest BCUT2D eigenvalue weighted by Gasteiger charge is -2.30. The number of thiocarbonyl (C=S) groups is 1. The van der Waals surface area contributed by atoms with Crippen molar-refractivity contribution in [3.05, 3.63) is 60.8 Å². The number of aryl methyl sites for hydroxylation is 1. The Morgan fingerprint density at radius 3 is 2.96 bits per heavy atom. The lowest BCUT2D eigenvalue weighted by Crippen LogP contribution is -2.28. The van der Waals surface area contributed by atoms with E-state index in [0.717, 1.165) is 30.9 Å². The van der Waals surface area contributed by atoms with Gasteiger partial charge in [-0.05, 0) is 48.8 Å². The fraction of sp³-hybridized carbons (Fsp3) is 0.222. The number of para-hydroxylation sites is 1. The van der Waals surface area contributed by atoms with Crippen molar-refractivity contribution in [1.82, 2.24) is 10.3 Å². The second kappa shape index (κ2) is 7.24. The van der Waals surface area contributed by atoms with Crippen LogP contribution in [0.4, 0.5) is 17.2 Å². The molecule has 118 valence electrons. The van der Waals surface area contributed by atoms with Crippen LogP contribution < -0.4 is 15.5 Å². The van der Waals surface area contributed by atoms with Gasteiger partial charge in [-0.15, -0.1) is 6.58 Å². The molecule has 23 heavy (non-hydrogen) atoms. The molecule has 0 spiro atoms. The van der Waals surface area contributed by atoms with Crippen molar-refractivity contribution in [2.24, 2.45) is 0 Å². The molecule has 0 amide bonds. The van der Waals surface area contributed by atoms with Gasteiger partial charge in [-0.2, -0.15) is 0 Å². The van der Waals surface area contributed by atoms with E-state index in [1.807, 2.05) is 18.3 Å². The number of pyridine rings is 1. The molecule has 0 atom stereocenters. The monoisotopic (exact) mass is 324 g/mol. The first-order chi connectivity index (χ1) is 11.3. The average Bonchev–Trinajstić information content (AvgIpc) is 2.60. The summed E-state index contributed by atoms with van der Waals surface area (Å²) in [6, 6.07) is 12.6. The molecule has 0 unspecified atom stereocenters. The molecule has 5 heteroatoms. The molecule has 0 fully saturated rings. The summed E-state index contributed by atoms with van der Waals surface area (Å²) in [5.74, 6) is 0.965. The van der Waals surface area contributed by atoms with E-state index in [4.69, 9.17) is 12.2 Å². The Labute approximate surface area is 142 Å². The van der Waals surface area contributed by atoms with Gasteiger partial charge in [-0.25, -0.2) is 4.98 Å². The van der Waals surface area contributed by atoms with Gasteiger partial charge in [0.15, 0.2) is 5.11 Å². The second-order valence-electron chi connectivity index (χ2n) is 5.41. The minimum atomic E-state index is 0.572. The predicted octanol–water partition coefficient (Wildman–Crippen LogP) is 3.64. The van der Waals surface area contributed by atoms with Crippen LogP contribution in [0.2, 0.25) is 0 Å². The molecule has 2 N–H and O–H groups in total. The van der Waals surface area contributed by atoms with Crippen molar-refractivity contribution in [2.75, 3.05) is 23.3 Å². The number of fused-ring (bicyclic) bond motifs is 1. The summed E-state index contributed by atoms with van der Waals surface area (Å²) in [5.41, 5.74) is 3.52. The van der Waals surface area contributed by atoms with E-state index in [-0.39, 0.29) is 0 Å². The maximum atomic E-state index is 5.20. The molecule has 0 aliphatic carbocycles. The highest BCUT2D eigenvalue weighted by atomic mass is 32.1. The molecule has 2 heterocycles. The third kappa shape index (κ3) is 3.68. The van der Waals surface area contributed by atoms with Crippen LogP contribution in [0.5, 0.6) is 0 Å². The zero-order chi connectivity index (χ0) is 16.1. The van der Waals surface area contributed by atoms with Gasteiger partial charge in [0.1, 0.15) is 5.82 Å². The molecule has 2 aromatic rings. The van der Waals surface area contributed by atoms with Crippen LogP contribution in [-0.2, 0) is 6.42 Å². The number of rotatable bonds is 4. The van der Waals surface area contributed by atoms with Gasteiger partial charge in [0, 0.05) is 18.8 Å². The summed E-state index contributed by atoms with van der Waals surface area (Å²) in [7, 11) is 0. The van der Waals surface area contributed by atoms with E-state index in [1.165, 1.54) is 11.3 Å². The summed E-state index contributed by atoms with van der Waals surface area (Å²) in [6.07, 6.45) is 5.86. The number of hydrogen-bond donors (Lipinski definition) is 2. The van der Waals surface area contributed by atoms with Crippen molar-refractivity contribution in [3.8, 4) is 0 Å². The topological polar surface area (TPSA) is 40.2 Å². The van der Waals surface area contributed by atoms with Crippen molar-refractivity contribution >= 4 is 34.5 Å². The summed E-state index contributed by atoms with van der Waals surface area (Å²) in [6.45, 7) is 5.29. The smallest absolute Gasteiger partial charge is 0.171 e. The van der Waals surface area contributed by atoms with Crippen molar-refractivity contribution in [3.63, 3.8) is 0 Å². The Hall–Kier alpha value is -2.40. The molecule has 4 nitrogen and oxygen atoms in total. The first kappa shape index (κ1) is 15.5. The molecule has 3 rings (SSSR count). The Balaban J connectivity index is 1.73. The van der Waals surface area contributed by atoms with Gasteiger partial charge in [0.2, 0.25) is 0 Å². The predicted molar refractivity (Wildman–Crippen MR) is 100 cm³/mol. The Morgan fingerprint density at radius 2 is 2.17 bits per heavy atom. The highest BCUT2D eigenvalue weighted by molar-refractivity contribution is 7.80. The summed E-state index contributed by atoms with van der Waals surface area (Å²) in [4.78, 5) is 6.87. The van der Waals surface area contributed by atoms with Gasteiger partial charge < -0.3 is 15.5 Å². The van der Waals surface area contributed by atoms with Crippen LogP contribution in [0.25, 0.3) is 0 Å². The van der Waals surface area contributed by atoms with Crippen LogP contribution in [-0.4, -0.2) is 23.2 Å². The number of nitrogens with zero attached hydrogens (tertiary/aromatic N) is 2. The van der Waals surface area contributed by atoms with E-state index >= 15 is 0 Å². The molecule has 1 aliphatic rings. The van der Waals surface area contributed by atoms with Crippen LogP contribution in [0.3, 0.4) is 0 Å². The standard InChI is InChI=1S/C18H20N4S/c1-2-11-19-18(23)21-15-9-10-17(20-13-15)22-12-5-7-14-6-3-4-8-16(14)22/h2-4,6,8-10,13H,1,5,7,11-12H2,(H2,19,21,23). The number of anilines is 3. The Bertz CT molecular complexity index is 696. The summed E-state index contributed by atoms with van der Waals surface area (Å²) in [5, 5.41) is 6.73. The van der Waals surface area contributed by atoms with Crippen LogP contribution in [0, 0.1) is 0 Å². The quantitative estimate of drug-likeness (QED) is 0.664. The molecular weight excluding hydrogens is 304 g/mol. The molecule has 0 saturated heterocycles. The summed E-state index contributed by atoms with van der Waals surface area (Å²) >= 11 is 5.20. The fourth-order valence-electron chi connectivity index (χ4n) is 2.73. The third-order valence-electron chi connectivity index (χ3n) is 3.80. The average molecular weight is 324 g/mol. The normalized spacial score (nSPS) is 13.1. The van der Waals surface area contributed by atoms with E-state index in [1.54, 1.807) is 6.08 Å². The zero-order valence-corrected chi connectivity index (χ0v) is 13.8. The molecule has 1 aromatic carbocycles. The number of benzene rings is 1. The molecular formula is C18H20N4S. The highest BCUT2D eigenvalue weighted by Crippen LogP contribution is 2.32. The molecule has 0 bridgehead atoms. The first-order valence-electron chi connectivity index (χ1n) is 7.75. The maximum Gasteiger partial charge on any atom is 0.171 e. The number of hydrogen-bond acceptors (Lipinski definition) is 3. The molecule has 1 aliphatic heterocycles. The van der Waals surface area contributed by atoms with Gasteiger partial charge in [0.25, 0.3) is 0 Å². The van der Waals surface area contributed by atoms with Gasteiger partial charge in [0.05, 0.1) is 11.9 Å². The van der Waals surface area contributed by atoms with E-state index in [2.05, 4.69) is 51.4 Å². The van der Waals surface area contributed by atoms with Crippen LogP contribution >= 0.6 is 12.2 Å². The van der Waals surface area contributed by atoms with Gasteiger partial charge >= 0.3 is 0 Å². The summed E-state index contributed by atoms with van der Waals surface area (Å²) < 4.78 is 0. The van der Waals surface area contributed by atoms with E-state index in [9.17, 15) is 0 Å².